The molecule has 1 fully saturated rings. The number of likely N-dealkylation sites (tertiary alicyclic amines) is 1. The first kappa shape index (κ1) is 46.3. The molecule has 11 nitrogen and oxygen atoms in total. The topological polar surface area (TPSA) is 123 Å². The fourth-order valence-corrected chi connectivity index (χ4v) is 9.35. The lowest BCUT2D eigenvalue weighted by molar-refractivity contribution is -0.146. The van der Waals surface area contributed by atoms with Crippen LogP contribution in [0, 0.1) is 17.8 Å². The zero-order valence-corrected chi connectivity index (χ0v) is 36.0. The van der Waals surface area contributed by atoms with E-state index in [9.17, 15) is 24.3 Å². The van der Waals surface area contributed by atoms with Crippen molar-refractivity contribution in [3.63, 3.8) is 0 Å². The minimum absolute atomic E-state index is 0.000946. The van der Waals surface area contributed by atoms with Crippen LogP contribution in [-0.4, -0.2) is 125 Å². The first-order valence-corrected chi connectivity index (χ1v) is 20.4. The second-order valence-corrected chi connectivity index (χ2v) is 18.6. The lowest BCUT2D eigenvalue weighted by atomic mass is 9.89. The van der Waals surface area contributed by atoms with Crippen molar-refractivity contribution in [2.24, 2.45) is 17.8 Å². The molecule has 0 aliphatic carbocycles. The van der Waals surface area contributed by atoms with E-state index >= 15 is 0 Å². The molecule has 7 atom stereocenters. The number of para-hydroxylation sites is 2. The van der Waals surface area contributed by atoms with E-state index in [4.69, 9.17) is 4.74 Å². The molecule has 53 heavy (non-hydrogen) atoms. The SMILES string of the molecule is CCC(C)C(C(CC(=O)N1CCCC1C(CC(=O)N(CC)c1ccccc1O)SC(C)(C)C)OC)N(C)C(=O)C(NC(=O)C(C(C)C)N(C)C)C(C)C. The number of carbonyl (C=O) groups is 4. The van der Waals surface area contributed by atoms with Gasteiger partial charge < -0.3 is 29.9 Å². The van der Waals surface area contributed by atoms with Gasteiger partial charge in [-0.1, -0.05) is 80.9 Å². The molecule has 2 N–H and O–H groups in total. The van der Waals surface area contributed by atoms with E-state index < -0.39 is 18.2 Å². The average molecular weight is 762 g/mol. The van der Waals surface area contributed by atoms with E-state index in [-0.39, 0.29) is 82.1 Å². The van der Waals surface area contributed by atoms with E-state index in [0.29, 0.717) is 18.8 Å². The molecule has 1 aromatic rings. The highest BCUT2D eigenvalue weighted by atomic mass is 32.2. The predicted molar refractivity (Wildman–Crippen MR) is 217 cm³/mol. The summed E-state index contributed by atoms with van der Waals surface area (Å²) in [5, 5.41) is 13.4. The predicted octanol–water partition coefficient (Wildman–Crippen LogP) is 6.03. The molecule has 1 heterocycles. The number of ether oxygens (including phenoxy) is 1. The summed E-state index contributed by atoms with van der Waals surface area (Å²) in [6, 6.07) is 5.16. The van der Waals surface area contributed by atoms with E-state index in [0.717, 1.165) is 19.3 Å². The average Bonchev–Trinajstić information content (AvgIpc) is 3.56. The van der Waals surface area contributed by atoms with Gasteiger partial charge >= 0.3 is 0 Å². The lowest BCUT2D eigenvalue weighted by Gasteiger charge is -2.41. The molecule has 0 spiro atoms. The van der Waals surface area contributed by atoms with Gasteiger partial charge in [0.05, 0.1) is 30.3 Å². The standard InChI is InChI=1S/C41H71N5O6S/c1-15-28(7)38(44(13)40(51)36(26(3)4)42-39(50)37(27(5)6)43(11)12)32(52-14)24-34(48)46-23-19-21-30(46)33(53-41(8,9)10)25-35(49)45(16-2)29-20-17-18-22-31(29)47/h17-18,20,22,26-28,30,32-33,36-38,47H,15-16,19,21,23-25H2,1-14H3,(H,42,50). The molecule has 0 bridgehead atoms. The number of phenolic OH excluding ortho intramolecular Hbond substituents is 1. The maximum atomic E-state index is 14.4. The van der Waals surface area contributed by atoms with Crippen LogP contribution in [0.15, 0.2) is 24.3 Å². The third-order valence-corrected chi connectivity index (χ3v) is 12.0. The minimum Gasteiger partial charge on any atom is -0.506 e. The first-order valence-electron chi connectivity index (χ1n) is 19.5. The number of benzene rings is 1. The van der Waals surface area contributed by atoms with Gasteiger partial charge in [0.15, 0.2) is 0 Å². The Kier molecular flexibility index (Phi) is 18.1. The summed E-state index contributed by atoms with van der Waals surface area (Å²) in [7, 11) is 7.08. The summed E-state index contributed by atoms with van der Waals surface area (Å²) < 4.78 is 5.91. The Morgan fingerprint density at radius 1 is 1.00 bits per heavy atom. The van der Waals surface area contributed by atoms with Crippen LogP contribution in [-0.2, 0) is 23.9 Å². The molecule has 302 valence electrons. The summed E-state index contributed by atoms with van der Waals surface area (Å²) in [6.07, 6.45) is 2.07. The number of nitrogens with zero attached hydrogens (tertiary/aromatic N) is 4. The Balaban J connectivity index is 2.38. The quantitative estimate of drug-likeness (QED) is 0.175. The first-order chi connectivity index (χ1) is 24.7. The summed E-state index contributed by atoms with van der Waals surface area (Å²) >= 11 is 1.71. The van der Waals surface area contributed by atoms with Crippen LogP contribution in [0.1, 0.15) is 101 Å². The van der Waals surface area contributed by atoms with Crippen LogP contribution < -0.4 is 10.2 Å². The number of thioether (sulfide) groups is 1. The third kappa shape index (κ3) is 12.6. The van der Waals surface area contributed by atoms with Crippen LogP contribution in [0.5, 0.6) is 5.75 Å². The highest BCUT2D eigenvalue weighted by Crippen LogP contribution is 2.39. The molecule has 1 saturated heterocycles. The van der Waals surface area contributed by atoms with Gasteiger partial charge in [-0.3, -0.25) is 24.1 Å². The summed E-state index contributed by atoms with van der Waals surface area (Å²) in [4.78, 5) is 63.1. The highest BCUT2D eigenvalue weighted by molar-refractivity contribution is 8.01. The van der Waals surface area contributed by atoms with Gasteiger partial charge in [-0.2, -0.15) is 0 Å². The van der Waals surface area contributed by atoms with Crippen molar-refractivity contribution in [2.75, 3.05) is 46.2 Å². The summed E-state index contributed by atoms with van der Waals surface area (Å²) in [5.74, 6) is -0.608. The largest absolute Gasteiger partial charge is 0.506 e. The number of amides is 4. The molecule has 0 saturated carbocycles. The fourth-order valence-electron chi connectivity index (χ4n) is 7.78. The van der Waals surface area contributed by atoms with Gasteiger partial charge in [0.2, 0.25) is 23.6 Å². The van der Waals surface area contributed by atoms with Gasteiger partial charge in [-0.25, -0.2) is 0 Å². The minimum atomic E-state index is -0.746. The monoisotopic (exact) mass is 762 g/mol. The molecule has 2 rings (SSSR count). The number of phenols is 1. The molecular weight excluding hydrogens is 691 g/mol. The number of anilines is 1. The molecule has 1 aliphatic rings. The zero-order valence-electron chi connectivity index (χ0n) is 35.1. The van der Waals surface area contributed by atoms with Crippen molar-refractivity contribution in [2.45, 2.75) is 142 Å². The second kappa shape index (κ2) is 20.7. The Morgan fingerprint density at radius 2 is 1.62 bits per heavy atom. The van der Waals surface area contributed by atoms with Crippen molar-refractivity contribution in [3.8, 4) is 5.75 Å². The van der Waals surface area contributed by atoms with E-state index in [1.54, 1.807) is 60.0 Å². The van der Waals surface area contributed by atoms with Crippen molar-refractivity contribution < 1.29 is 29.0 Å². The molecule has 1 aliphatic heterocycles. The number of carbonyl (C=O) groups excluding carboxylic acids is 4. The maximum Gasteiger partial charge on any atom is 0.245 e. The highest BCUT2D eigenvalue weighted by Gasteiger charge is 2.42. The Bertz CT molecular complexity index is 1340. The van der Waals surface area contributed by atoms with Crippen LogP contribution in [0.25, 0.3) is 0 Å². The number of aromatic hydroxyl groups is 1. The van der Waals surface area contributed by atoms with Crippen molar-refractivity contribution in [3.05, 3.63) is 24.3 Å². The molecule has 4 amide bonds. The third-order valence-electron chi connectivity index (χ3n) is 10.5. The van der Waals surface area contributed by atoms with Crippen molar-refractivity contribution in [1.29, 1.82) is 0 Å². The number of likely N-dealkylation sites (N-methyl/N-ethyl adjacent to an activating group) is 2. The molecular formula is C41H71N5O6S. The zero-order chi connectivity index (χ0) is 40.4. The molecule has 1 aromatic carbocycles. The smallest absolute Gasteiger partial charge is 0.245 e. The van der Waals surface area contributed by atoms with Crippen LogP contribution in [0.3, 0.4) is 0 Å². The van der Waals surface area contributed by atoms with Gasteiger partial charge in [-0.15, -0.1) is 11.8 Å². The number of hydrogen-bond donors (Lipinski definition) is 2. The van der Waals surface area contributed by atoms with Crippen LogP contribution in [0.4, 0.5) is 5.69 Å². The van der Waals surface area contributed by atoms with Gasteiger partial charge in [0.25, 0.3) is 0 Å². The van der Waals surface area contributed by atoms with Crippen molar-refractivity contribution >= 4 is 41.1 Å². The fraction of sp³-hybridized carbons (Fsp3) is 0.756. The van der Waals surface area contributed by atoms with Crippen LogP contribution >= 0.6 is 11.8 Å². The Morgan fingerprint density at radius 3 is 2.11 bits per heavy atom. The lowest BCUT2D eigenvalue weighted by Crippen LogP contribution is -2.59. The number of methoxy groups -OCH3 is 1. The Labute approximate surface area is 324 Å². The van der Waals surface area contributed by atoms with E-state index in [1.807, 2.05) is 58.5 Å². The Hall–Kier alpha value is -2.83. The van der Waals surface area contributed by atoms with E-state index in [1.165, 1.54) is 0 Å². The van der Waals surface area contributed by atoms with E-state index in [2.05, 4.69) is 39.9 Å². The maximum absolute atomic E-state index is 14.4. The molecule has 0 aromatic heterocycles. The van der Waals surface area contributed by atoms with Gasteiger partial charge in [-0.05, 0) is 63.7 Å². The second-order valence-electron chi connectivity index (χ2n) is 16.6. The number of nitrogens with one attached hydrogen (secondary N) is 1. The number of hydrogen-bond acceptors (Lipinski definition) is 8. The molecule has 7 unspecified atom stereocenters. The number of rotatable bonds is 19. The van der Waals surface area contributed by atoms with Gasteiger partial charge in [0, 0.05) is 49.7 Å². The summed E-state index contributed by atoms with van der Waals surface area (Å²) in [6.45, 7) is 21.2. The van der Waals surface area contributed by atoms with Crippen LogP contribution in [0.2, 0.25) is 0 Å². The molecule has 0 radical (unpaired) electrons. The van der Waals surface area contributed by atoms with Gasteiger partial charge in [0.1, 0.15) is 11.8 Å². The van der Waals surface area contributed by atoms with Crippen molar-refractivity contribution in [1.82, 2.24) is 20.0 Å². The molecule has 12 heteroatoms. The normalized spacial score (nSPS) is 18.4. The summed E-state index contributed by atoms with van der Waals surface area (Å²) in [5.41, 5.74) is 0.480.